The van der Waals surface area contributed by atoms with Gasteiger partial charge in [-0.1, -0.05) is 18.0 Å². The lowest BCUT2D eigenvalue weighted by Gasteiger charge is -2.38. The largest absolute Gasteiger partial charge is 0.480 e. The van der Waals surface area contributed by atoms with Gasteiger partial charge in [0, 0.05) is 11.5 Å². The van der Waals surface area contributed by atoms with Crippen LogP contribution in [0.4, 0.5) is 0 Å². The number of carboxylic acids is 1. The number of nitrogens with zero attached hydrogens (tertiary/aromatic N) is 3. The highest BCUT2D eigenvalue weighted by Gasteiger charge is 2.46. The van der Waals surface area contributed by atoms with E-state index in [2.05, 4.69) is 15.3 Å². The van der Waals surface area contributed by atoms with E-state index in [0.717, 1.165) is 18.8 Å². The summed E-state index contributed by atoms with van der Waals surface area (Å²) in [5.41, 5.74) is 7.45. The molecule has 19 heavy (non-hydrogen) atoms. The summed E-state index contributed by atoms with van der Waals surface area (Å²) in [4.78, 5) is 14.3. The summed E-state index contributed by atoms with van der Waals surface area (Å²) >= 11 is 0. The number of rotatable bonds is 7. The van der Waals surface area contributed by atoms with E-state index in [1.165, 1.54) is 19.3 Å². The third-order valence-corrected chi connectivity index (χ3v) is 4.45. The van der Waals surface area contributed by atoms with E-state index in [1.807, 2.05) is 0 Å². The van der Waals surface area contributed by atoms with Crippen molar-refractivity contribution in [2.24, 2.45) is 17.0 Å². The highest BCUT2D eigenvalue weighted by Crippen LogP contribution is 2.46. The van der Waals surface area contributed by atoms with Gasteiger partial charge in [0.25, 0.3) is 0 Å². The van der Waals surface area contributed by atoms with E-state index < -0.39 is 11.5 Å². The minimum absolute atomic E-state index is 0.422. The number of carboxylic acid groups (broad SMARTS) is 1. The van der Waals surface area contributed by atoms with Gasteiger partial charge in [-0.2, -0.15) is 0 Å². The summed E-state index contributed by atoms with van der Waals surface area (Å²) in [7, 11) is 0. The van der Waals surface area contributed by atoms with Crippen molar-refractivity contribution >= 4 is 5.97 Å². The average molecular weight is 266 g/mol. The summed E-state index contributed by atoms with van der Waals surface area (Å²) in [5, 5.41) is 16.3. The summed E-state index contributed by atoms with van der Waals surface area (Å²) < 4.78 is 0. The van der Waals surface area contributed by atoms with Gasteiger partial charge in [-0.25, -0.2) is 0 Å². The zero-order valence-corrected chi connectivity index (χ0v) is 11.2. The van der Waals surface area contributed by atoms with Gasteiger partial charge in [0.1, 0.15) is 5.54 Å². The van der Waals surface area contributed by atoms with Gasteiger partial charge in [0.05, 0.1) is 0 Å². The van der Waals surface area contributed by atoms with Gasteiger partial charge >= 0.3 is 5.97 Å². The Balaban J connectivity index is 1.88. The van der Waals surface area contributed by atoms with Crippen LogP contribution in [0.5, 0.6) is 0 Å². The van der Waals surface area contributed by atoms with Gasteiger partial charge < -0.3 is 10.4 Å². The molecule has 0 radical (unpaired) electrons. The number of nitrogens with one attached hydrogen (secondary N) is 1. The molecule has 0 aliphatic heterocycles. The van der Waals surface area contributed by atoms with Crippen molar-refractivity contribution in [2.45, 2.75) is 50.5 Å². The number of hydrogen-bond donors (Lipinski definition) is 2. The van der Waals surface area contributed by atoms with Gasteiger partial charge in [0.15, 0.2) is 0 Å². The molecule has 2 atom stereocenters. The first kappa shape index (κ1) is 14.2. The Bertz CT molecular complexity index is 377. The maximum absolute atomic E-state index is 11.6. The molecular formula is C13H22N4O2. The van der Waals surface area contributed by atoms with Crippen LogP contribution in [0.3, 0.4) is 0 Å². The molecule has 106 valence electrons. The summed E-state index contributed by atoms with van der Waals surface area (Å²) in [5.74, 6) is 0.625. The number of carbonyl (C=O) groups is 1. The topological polar surface area (TPSA) is 98.1 Å². The maximum Gasteiger partial charge on any atom is 0.323 e. The lowest BCUT2D eigenvalue weighted by molar-refractivity contribution is -0.147. The molecule has 2 saturated carbocycles. The molecule has 2 N–H and O–H groups in total. The standard InChI is InChI=1S/C13H22N4O2/c14-17-16-8-2-7-15-13(12(18)19)6-1-3-11(9-13)10-4-5-10/h10-11,15H,1-9H2,(H,18,19). The second-order valence-corrected chi connectivity index (χ2v) is 5.82. The molecule has 2 aliphatic rings. The molecule has 0 aromatic carbocycles. The summed E-state index contributed by atoms with van der Waals surface area (Å²) in [6.45, 7) is 1.02. The van der Waals surface area contributed by atoms with Crippen LogP contribution in [0.15, 0.2) is 5.11 Å². The van der Waals surface area contributed by atoms with Gasteiger partial charge in [-0.05, 0) is 56.0 Å². The molecule has 2 unspecified atom stereocenters. The van der Waals surface area contributed by atoms with Crippen molar-refractivity contribution in [2.75, 3.05) is 13.1 Å². The molecule has 2 aliphatic carbocycles. The number of hydrogen-bond acceptors (Lipinski definition) is 3. The molecule has 6 heteroatoms. The van der Waals surface area contributed by atoms with Gasteiger partial charge in [-0.15, -0.1) is 0 Å². The molecule has 0 spiro atoms. The molecule has 6 nitrogen and oxygen atoms in total. The molecule has 0 amide bonds. The maximum atomic E-state index is 11.6. The zero-order chi connectivity index (χ0) is 13.7. The first-order valence-electron chi connectivity index (χ1n) is 7.17. The second kappa shape index (κ2) is 6.26. The lowest BCUT2D eigenvalue weighted by Crippen LogP contribution is -2.55. The number of aliphatic carboxylic acids is 1. The van der Waals surface area contributed by atoms with Crippen molar-refractivity contribution in [1.82, 2.24) is 5.32 Å². The van der Waals surface area contributed by atoms with Crippen LogP contribution >= 0.6 is 0 Å². The summed E-state index contributed by atoms with van der Waals surface area (Å²) in [6.07, 6.45) is 6.89. The Hall–Kier alpha value is -1.26. The predicted octanol–water partition coefficient (Wildman–Crippen LogP) is 2.70. The molecule has 0 bridgehead atoms. The average Bonchev–Trinajstić information content (AvgIpc) is 3.23. The van der Waals surface area contributed by atoms with E-state index in [4.69, 9.17) is 5.53 Å². The van der Waals surface area contributed by atoms with Crippen LogP contribution in [-0.2, 0) is 4.79 Å². The monoisotopic (exact) mass is 266 g/mol. The predicted molar refractivity (Wildman–Crippen MR) is 71.7 cm³/mol. The molecule has 0 saturated heterocycles. The first-order chi connectivity index (χ1) is 9.18. The van der Waals surface area contributed by atoms with Crippen LogP contribution in [0.1, 0.15) is 44.9 Å². The van der Waals surface area contributed by atoms with Gasteiger partial charge in [-0.3, -0.25) is 4.79 Å². The van der Waals surface area contributed by atoms with Crippen molar-refractivity contribution in [3.05, 3.63) is 10.4 Å². The molecule has 2 fully saturated rings. The van der Waals surface area contributed by atoms with E-state index in [-0.39, 0.29) is 0 Å². The van der Waals surface area contributed by atoms with E-state index in [0.29, 0.717) is 31.8 Å². The minimum atomic E-state index is -0.748. The number of azide groups is 1. The van der Waals surface area contributed by atoms with Crippen molar-refractivity contribution in [1.29, 1.82) is 0 Å². The van der Waals surface area contributed by atoms with Crippen molar-refractivity contribution in [3.63, 3.8) is 0 Å². The van der Waals surface area contributed by atoms with Crippen LogP contribution < -0.4 is 5.32 Å². The normalized spacial score (nSPS) is 30.6. The smallest absolute Gasteiger partial charge is 0.323 e. The Morgan fingerprint density at radius 2 is 2.21 bits per heavy atom. The van der Waals surface area contributed by atoms with Crippen LogP contribution in [0.25, 0.3) is 10.4 Å². The molecular weight excluding hydrogens is 244 g/mol. The third-order valence-electron chi connectivity index (χ3n) is 4.45. The minimum Gasteiger partial charge on any atom is -0.480 e. The van der Waals surface area contributed by atoms with E-state index in [1.54, 1.807) is 0 Å². The quantitative estimate of drug-likeness (QED) is 0.321. The summed E-state index contributed by atoms with van der Waals surface area (Å²) in [6, 6.07) is 0. The molecule has 0 heterocycles. The highest BCUT2D eigenvalue weighted by atomic mass is 16.4. The fourth-order valence-corrected chi connectivity index (χ4v) is 3.24. The van der Waals surface area contributed by atoms with Crippen LogP contribution in [-0.4, -0.2) is 29.7 Å². The van der Waals surface area contributed by atoms with E-state index in [9.17, 15) is 9.90 Å². The van der Waals surface area contributed by atoms with Gasteiger partial charge in [0.2, 0.25) is 0 Å². The van der Waals surface area contributed by atoms with Crippen LogP contribution in [0, 0.1) is 11.8 Å². The van der Waals surface area contributed by atoms with Crippen LogP contribution in [0.2, 0.25) is 0 Å². The SMILES string of the molecule is [N-]=[N+]=NCCCNC1(C(=O)O)CCCC(C2CC2)C1. The van der Waals surface area contributed by atoms with Crippen molar-refractivity contribution in [3.8, 4) is 0 Å². The fourth-order valence-electron chi connectivity index (χ4n) is 3.24. The third kappa shape index (κ3) is 3.61. The molecule has 0 aromatic rings. The lowest BCUT2D eigenvalue weighted by atomic mass is 9.73. The molecule has 0 aromatic heterocycles. The Morgan fingerprint density at radius 3 is 2.84 bits per heavy atom. The zero-order valence-electron chi connectivity index (χ0n) is 11.2. The fraction of sp³-hybridized carbons (Fsp3) is 0.923. The Kier molecular flexibility index (Phi) is 4.66. The van der Waals surface area contributed by atoms with E-state index >= 15 is 0 Å². The second-order valence-electron chi connectivity index (χ2n) is 5.82. The molecule has 2 rings (SSSR count). The highest BCUT2D eigenvalue weighted by molar-refractivity contribution is 5.79. The van der Waals surface area contributed by atoms with Crippen molar-refractivity contribution < 1.29 is 9.90 Å². The first-order valence-corrected chi connectivity index (χ1v) is 7.17. The Labute approximate surface area is 113 Å². The Morgan fingerprint density at radius 1 is 1.42 bits per heavy atom.